The molecular weight excluding hydrogens is 382 g/mol. The van der Waals surface area contributed by atoms with Gasteiger partial charge in [-0.3, -0.25) is 20.2 Å². The normalized spacial score (nSPS) is 11.1. The molecule has 2 N–H and O–H groups in total. The maximum absolute atomic E-state index is 12.4. The highest BCUT2D eigenvalue weighted by molar-refractivity contribution is 5.97. The van der Waals surface area contributed by atoms with Crippen LogP contribution in [-0.2, 0) is 14.3 Å². The van der Waals surface area contributed by atoms with Gasteiger partial charge in [-0.1, -0.05) is 42.5 Å². The minimum absolute atomic E-state index is 0.113. The maximum Gasteiger partial charge on any atom is 0.345 e. The molecule has 29 heavy (non-hydrogen) atoms. The highest BCUT2D eigenvalue weighted by Gasteiger charge is 2.27. The van der Waals surface area contributed by atoms with Crippen LogP contribution in [0.25, 0.3) is 0 Å². The van der Waals surface area contributed by atoms with Crippen molar-refractivity contribution in [3.05, 3.63) is 70.3 Å². The number of para-hydroxylation sites is 2. The van der Waals surface area contributed by atoms with Crippen molar-refractivity contribution in [1.82, 2.24) is 10.6 Å². The Morgan fingerprint density at radius 1 is 1.07 bits per heavy atom. The van der Waals surface area contributed by atoms with Gasteiger partial charge in [-0.05, 0) is 13.0 Å². The Kier molecular flexibility index (Phi) is 7.66. The summed E-state index contributed by atoms with van der Waals surface area (Å²) < 4.78 is 10.3. The topological polar surface area (TPSA) is 137 Å². The highest BCUT2D eigenvalue weighted by Crippen LogP contribution is 2.26. The van der Waals surface area contributed by atoms with Gasteiger partial charge >= 0.3 is 17.7 Å². The molecule has 2 aromatic rings. The van der Waals surface area contributed by atoms with Crippen LogP contribution < -0.4 is 15.4 Å². The number of ether oxygens (including phenoxy) is 2. The monoisotopic (exact) mass is 401 g/mol. The van der Waals surface area contributed by atoms with E-state index in [-0.39, 0.29) is 11.4 Å². The molecule has 0 aliphatic carbocycles. The van der Waals surface area contributed by atoms with Gasteiger partial charge in [0.15, 0.2) is 12.4 Å². The van der Waals surface area contributed by atoms with Crippen molar-refractivity contribution < 1.29 is 28.8 Å². The van der Waals surface area contributed by atoms with E-state index in [9.17, 15) is 24.5 Å². The molecule has 0 bridgehead atoms. The van der Waals surface area contributed by atoms with E-state index in [1.807, 2.05) is 0 Å². The molecule has 152 valence electrons. The van der Waals surface area contributed by atoms with Crippen molar-refractivity contribution >= 4 is 23.6 Å². The second kappa shape index (κ2) is 10.4. The zero-order valence-corrected chi connectivity index (χ0v) is 15.5. The summed E-state index contributed by atoms with van der Waals surface area (Å²) in [7, 11) is 0. The van der Waals surface area contributed by atoms with Gasteiger partial charge in [-0.2, -0.15) is 0 Å². The molecule has 0 aliphatic rings. The lowest BCUT2D eigenvalue weighted by atomic mass is 10.1. The van der Waals surface area contributed by atoms with Gasteiger partial charge in [0.25, 0.3) is 5.91 Å². The molecule has 3 amide bonds. The van der Waals surface area contributed by atoms with Crippen LogP contribution in [0.15, 0.2) is 54.6 Å². The van der Waals surface area contributed by atoms with Crippen LogP contribution in [0.1, 0.15) is 18.6 Å². The van der Waals surface area contributed by atoms with Crippen molar-refractivity contribution in [3.8, 4) is 5.75 Å². The average Bonchev–Trinajstić information content (AvgIpc) is 2.71. The predicted molar refractivity (Wildman–Crippen MR) is 101 cm³/mol. The van der Waals surface area contributed by atoms with E-state index < -0.39 is 35.5 Å². The third-order valence-corrected chi connectivity index (χ3v) is 3.57. The summed E-state index contributed by atoms with van der Waals surface area (Å²) in [5.41, 5.74) is 0.0298. The molecule has 0 aliphatic heterocycles. The van der Waals surface area contributed by atoms with Crippen LogP contribution >= 0.6 is 0 Å². The van der Waals surface area contributed by atoms with Crippen LogP contribution in [0.3, 0.4) is 0 Å². The summed E-state index contributed by atoms with van der Waals surface area (Å²) in [4.78, 5) is 46.6. The van der Waals surface area contributed by atoms with Crippen molar-refractivity contribution in [3.63, 3.8) is 0 Å². The van der Waals surface area contributed by atoms with Crippen LogP contribution in [0.5, 0.6) is 5.75 Å². The van der Waals surface area contributed by atoms with Crippen LogP contribution in [0.2, 0.25) is 0 Å². The minimum Gasteiger partial charge on any atom is -0.475 e. The number of nitro groups is 1. The van der Waals surface area contributed by atoms with Gasteiger partial charge < -0.3 is 14.8 Å². The molecular formula is C19H19N3O7. The molecule has 1 atom stereocenters. The second-order valence-electron chi connectivity index (χ2n) is 5.64. The van der Waals surface area contributed by atoms with Gasteiger partial charge in [0, 0.05) is 18.2 Å². The summed E-state index contributed by atoms with van der Waals surface area (Å²) in [6.45, 7) is 1.32. The first kappa shape index (κ1) is 21.4. The van der Waals surface area contributed by atoms with E-state index >= 15 is 0 Å². The number of esters is 1. The SMILES string of the molecule is CCNC(=O)NC(=O)C(OC(=O)COc1ccccc1[N+](=O)[O-])c1ccccc1. The summed E-state index contributed by atoms with van der Waals surface area (Å²) in [6, 6.07) is 12.9. The number of rotatable bonds is 8. The predicted octanol–water partition coefficient (Wildman–Crippen LogP) is 2.10. The van der Waals surface area contributed by atoms with E-state index in [0.29, 0.717) is 12.1 Å². The highest BCUT2D eigenvalue weighted by atomic mass is 16.6. The fourth-order valence-corrected chi connectivity index (χ4v) is 2.32. The summed E-state index contributed by atoms with van der Waals surface area (Å²) in [5, 5.41) is 15.5. The lowest BCUT2D eigenvalue weighted by Gasteiger charge is -2.17. The number of amides is 3. The number of hydrogen-bond donors (Lipinski definition) is 2. The first-order chi connectivity index (χ1) is 13.9. The van der Waals surface area contributed by atoms with E-state index in [2.05, 4.69) is 10.6 Å². The first-order valence-corrected chi connectivity index (χ1v) is 8.61. The fraction of sp³-hybridized carbons (Fsp3) is 0.211. The molecule has 0 spiro atoms. The maximum atomic E-state index is 12.4. The molecule has 0 saturated heterocycles. The Hall–Kier alpha value is -3.95. The standard InChI is InChI=1S/C19H19N3O7/c1-2-20-19(25)21-18(24)17(13-8-4-3-5-9-13)29-16(23)12-28-15-11-7-6-10-14(15)22(26)27/h3-11,17H,2,12H2,1H3,(H2,20,21,24,25). The quantitative estimate of drug-likeness (QED) is 0.392. The number of urea groups is 1. The van der Waals surface area contributed by atoms with Crippen LogP contribution in [-0.4, -0.2) is 36.0 Å². The smallest absolute Gasteiger partial charge is 0.345 e. The van der Waals surface area contributed by atoms with Gasteiger partial charge in [0.05, 0.1) is 4.92 Å². The number of benzene rings is 2. The third kappa shape index (κ3) is 6.31. The largest absolute Gasteiger partial charge is 0.475 e. The molecule has 1 unspecified atom stereocenters. The van der Waals surface area contributed by atoms with Crippen LogP contribution in [0, 0.1) is 10.1 Å². The molecule has 0 fully saturated rings. The lowest BCUT2D eigenvalue weighted by Crippen LogP contribution is -2.42. The number of imide groups is 1. The molecule has 2 rings (SSSR count). The number of nitro benzene ring substituents is 1. The fourth-order valence-electron chi connectivity index (χ4n) is 2.32. The zero-order chi connectivity index (χ0) is 21.2. The molecule has 10 nitrogen and oxygen atoms in total. The van der Waals surface area contributed by atoms with Crippen molar-refractivity contribution in [2.24, 2.45) is 0 Å². The van der Waals surface area contributed by atoms with E-state index in [4.69, 9.17) is 9.47 Å². The minimum atomic E-state index is -1.40. The molecule has 0 aromatic heterocycles. The molecule has 0 radical (unpaired) electrons. The van der Waals surface area contributed by atoms with E-state index in [0.717, 1.165) is 0 Å². The first-order valence-electron chi connectivity index (χ1n) is 8.61. The summed E-state index contributed by atoms with van der Waals surface area (Å²) in [5.74, 6) is -1.90. The molecule has 0 heterocycles. The van der Waals surface area contributed by atoms with Gasteiger partial charge in [0.2, 0.25) is 6.10 Å². The Morgan fingerprint density at radius 2 is 1.72 bits per heavy atom. The van der Waals surface area contributed by atoms with Gasteiger partial charge in [0.1, 0.15) is 0 Å². The van der Waals surface area contributed by atoms with E-state index in [1.165, 1.54) is 24.3 Å². The zero-order valence-electron chi connectivity index (χ0n) is 15.5. The number of carbonyl (C=O) groups is 3. The average molecular weight is 401 g/mol. The summed E-state index contributed by atoms with van der Waals surface area (Å²) in [6.07, 6.45) is -1.40. The Bertz CT molecular complexity index is 886. The van der Waals surface area contributed by atoms with Gasteiger partial charge in [-0.15, -0.1) is 0 Å². The number of hydrogen-bond acceptors (Lipinski definition) is 7. The lowest BCUT2D eigenvalue weighted by molar-refractivity contribution is -0.385. The number of nitrogens with zero attached hydrogens (tertiary/aromatic N) is 1. The summed E-state index contributed by atoms with van der Waals surface area (Å²) >= 11 is 0. The van der Waals surface area contributed by atoms with Crippen molar-refractivity contribution in [2.75, 3.05) is 13.2 Å². The molecule has 0 saturated carbocycles. The third-order valence-electron chi connectivity index (χ3n) is 3.57. The number of nitrogens with one attached hydrogen (secondary N) is 2. The van der Waals surface area contributed by atoms with Crippen LogP contribution in [0.4, 0.5) is 10.5 Å². The second-order valence-corrected chi connectivity index (χ2v) is 5.64. The van der Waals surface area contributed by atoms with Gasteiger partial charge in [-0.25, -0.2) is 9.59 Å². The number of carbonyl (C=O) groups excluding carboxylic acids is 3. The molecule has 2 aromatic carbocycles. The van der Waals surface area contributed by atoms with Crippen molar-refractivity contribution in [2.45, 2.75) is 13.0 Å². The van der Waals surface area contributed by atoms with E-state index in [1.54, 1.807) is 37.3 Å². The van der Waals surface area contributed by atoms with Crippen molar-refractivity contribution in [1.29, 1.82) is 0 Å². The Balaban J connectivity index is 2.08. The Morgan fingerprint density at radius 3 is 2.38 bits per heavy atom. The molecule has 10 heteroatoms. The Labute approximate surface area is 166 Å².